The molecule has 3 aromatic rings. The van der Waals surface area contributed by atoms with E-state index in [-0.39, 0.29) is 5.56 Å². The van der Waals surface area contributed by atoms with E-state index in [1.807, 2.05) is 24.4 Å². The number of rotatable bonds is 5. The summed E-state index contributed by atoms with van der Waals surface area (Å²) in [5.41, 5.74) is 0.680. The van der Waals surface area contributed by atoms with Crippen LogP contribution in [0.4, 0.5) is 8.78 Å². The smallest absolute Gasteiger partial charge is 0.254 e. The first-order chi connectivity index (χ1) is 11.5. The zero-order chi connectivity index (χ0) is 17.1. The zero-order valence-corrected chi connectivity index (χ0v) is 14.4. The Bertz CT molecular complexity index is 873. The summed E-state index contributed by atoms with van der Waals surface area (Å²) in [5, 5.41) is 5.65. The van der Waals surface area contributed by atoms with Gasteiger partial charge in [-0.15, -0.1) is 22.7 Å². The van der Waals surface area contributed by atoms with Crippen LogP contribution in [0.2, 0.25) is 0 Å². The second-order valence-corrected chi connectivity index (χ2v) is 7.36. The van der Waals surface area contributed by atoms with Crippen LogP contribution in [0.25, 0.3) is 10.6 Å². The topological polar surface area (TPSA) is 42.0 Å². The van der Waals surface area contributed by atoms with Crippen molar-refractivity contribution < 1.29 is 13.6 Å². The van der Waals surface area contributed by atoms with Crippen LogP contribution in [0.1, 0.15) is 20.2 Å². The van der Waals surface area contributed by atoms with E-state index >= 15 is 0 Å². The molecule has 2 heterocycles. The highest BCUT2D eigenvalue weighted by molar-refractivity contribution is 7.16. The van der Waals surface area contributed by atoms with Crippen LogP contribution in [0.15, 0.2) is 35.7 Å². The van der Waals surface area contributed by atoms with Crippen molar-refractivity contribution in [3.8, 4) is 10.6 Å². The Kier molecular flexibility index (Phi) is 5.01. The zero-order valence-electron chi connectivity index (χ0n) is 12.8. The van der Waals surface area contributed by atoms with Gasteiger partial charge in [0, 0.05) is 16.8 Å². The third-order valence-electron chi connectivity index (χ3n) is 3.39. The summed E-state index contributed by atoms with van der Waals surface area (Å²) < 4.78 is 26.7. The lowest BCUT2D eigenvalue weighted by atomic mass is 10.2. The Labute approximate surface area is 146 Å². The van der Waals surface area contributed by atoms with Gasteiger partial charge < -0.3 is 5.32 Å². The lowest BCUT2D eigenvalue weighted by Gasteiger charge is -2.05. The molecule has 24 heavy (non-hydrogen) atoms. The third kappa shape index (κ3) is 3.68. The maximum absolute atomic E-state index is 13.6. The normalized spacial score (nSPS) is 10.8. The molecule has 0 spiro atoms. The second-order valence-electron chi connectivity index (χ2n) is 5.13. The molecular formula is C17H14F2N2OS2. The molecule has 0 aliphatic heterocycles. The number of amides is 1. The molecule has 0 fully saturated rings. The van der Waals surface area contributed by atoms with Gasteiger partial charge in [0.05, 0.1) is 21.1 Å². The number of halogens is 2. The molecule has 0 atom stereocenters. The molecule has 3 rings (SSSR count). The molecule has 2 aromatic heterocycles. The summed E-state index contributed by atoms with van der Waals surface area (Å²) in [7, 11) is 0. The average Bonchev–Trinajstić information content (AvgIpc) is 3.19. The fourth-order valence-corrected chi connectivity index (χ4v) is 3.86. The number of aryl methyl sites for hydroxylation is 1. The molecule has 3 nitrogen and oxygen atoms in total. The van der Waals surface area contributed by atoms with Crippen LogP contribution in [0.3, 0.4) is 0 Å². The minimum Gasteiger partial charge on any atom is -0.352 e. The number of benzene rings is 1. The first kappa shape index (κ1) is 16.7. The van der Waals surface area contributed by atoms with E-state index in [4.69, 9.17) is 0 Å². The van der Waals surface area contributed by atoms with Crippen molar-refractivity contribution in [1.29, 1.82) is 0 Å². The summed E-state index contributed by atoms with van der Waals surface area (Å²) in [6.45, 7) is 2.31. The van der Waals surface area contributed by atoms with Crippen LogP contribution in [0.5, 0.6) is 0 Å². The average molecular weight is 364 g/mol. The monoisotopic (exact) mass is 364 g/mol. The standard InChI is InChI=1S/C17H14F2N2OS2/c1-10-21-14(9-23-10)15-6-5-11(24-15)7-8-20-17(22)12-3-2-4-13(18)16(12)19/h2-6,9H,7-8H2,1H3,(H,20,22). The molecule has 0 bridgehead atoms. The van der Waals surface area contributed by atoms with E-state index < -0.39 is 17.5 Å². The van der Waals surface area contributed by atoms with Gasteiger partial charge in [-0.2, -0.15) is 0 Å². The number of hydrogen-bond donors (Lipinski definition) is 1. The molecule has 0 aliphatic carbocycles. The molecule has 7 heteroatoms. The number of thiophene rings is 1. The number of nitrogens with zero attached hydrogens (tertiary/aromatic N) is 1. The largest absolute Gasteiger partial charge is 0.352 e. The Morgan fingerprint density at radius 3 is 2.83 bits per heavy atom. The van der Waals surface area contributed by atoms with Crippen LogP contribution in [-0.4, -0.2) is 17.4 Å². The minimum atomic E-state index is -1.12. The summed E-state index contributed by atoms with van der Waals surface area (Å²) in [6.07, 6.45) is 0.621. The van der Waals surface area contributed by atoms with Crippen LogP contribution in [0, 0.1) is 18.6 Å². The quantitative estimate of drug-likeness (QED) is 0.728. The first-order valence-electron chi connectivity index (χ1n) is 7.28. The van der Waals surface area contributed by atoms with Gasteiger partial charge in [-0.25, -0.2) is 13.8 Å². The molecule has 0 saturated heterocycles. The lowest BCUT2D eigenvalue weighted by Crippen LogP contribution is -2.26. The van der Waals surface area contributed by atoms with Gasteiger partial charge in [-0.1, -0.05) is 6.07 Å². The summed E-state index contributed by atoms with van der Waals surface area (Å²) >= 11 is 3.21. The lowest BCUT2D eigenvalue weighted by molar-refractivity contribution is 0.0949. The van der Waals surface area contributed by atoms with Gasteiger partial charge in [0.1, 0.15) is 0 Å². The molecule has 0 unspecified atom stereocenters. The second kappa shape index (κ2) is 7.19. The van der Waals surface area contributed by atoms with Crippen molar-refractivity contribution >= 4 is 28.6 Å². The number of aromatic nitrogens is 1. The highest BCUT2D eigenvalue weighted by Crippen LogP contribution is 2.29. The Balaban J connectivity index is 1.58. The Morgan fingerprint density at radius 2 is 2.08 bits per heavy atom. The molecule has 1 amide bonds. The molecule has 0 radical (unpaired) electrons. The fourth-order valence-electron chi connectivity index (χ4n) is 2.20. The molecule has 0 saturated carbocycles. The summed E-state index contributed by atoms with van der Waals surface area (Å²) in [4.78, 5) is 18.5. The Morgan fingerprint density at radius 1 is 1.25 bits per heavy atom. The van der Waals surface area contributed by atoms with Crippen molar-refractivity contribution in [2.24, 2.45) is 0 Å². The molecule has 0 aliphatic rings. The van der Waals surface area contributed by atoms with Crippen molar-refractivity contribution in [1.82, 2.24) is 10.3 Å². The molecular weight excluding hydrogens is 350 g/mol. The number of thiazole rings is 1. The maximum atomic E-state index is 13.6. The van der Waals surface area contributed by atoms with Gasteiger partial charge in [-0.3, -0.25) is 4.79 Å². The predicted molar refractivity (Wildman–Crippen MR) is 92.6 cm³/mol. The SMILES string of the molecule is Cc1nc(-c2ccc(CCNC(=O)c3cccc(F)c3F)s2)cs1. The van der Waals surface area contributed by atoms with Crippen LogP contribution < -0.4 is 5.32 Å². The number of nitrogens with one attached hydrogen (secondary N) is 1. The van der Waals surface area contributed by atoms with E-state index in [1.165, 1.54) is 12.1 Å². The number of carbonyl (C=O) groups is 1. The van der Waals surface area contributed by atoms with Gasteiger partial charge in [-0.05, 0) is 37.6 Å². The van der Waals surface area contributed by atoms with Crippen LogP contribution in [-0.2, 0) is 6.42 Å². The van der Waals surface area contributed by atoms with E-state index in [0.29, 0.717) is 13.0 Å². The maximum Gasteiger partial charge on any atom is 0.254 e. The van der Waals surface area contributed by atoms with Crippen molar-refractivity contribution in [2.75, 3.05) is 6.54 Å². The van der Waals surface area contributed by atoms with E-state index in [9.17, 15) is 13.6 Å². The van der Waals surface area contributed by atoms with Crippen LogP contribution >= 0.6 is 22.7 Å². The highest BCUT2D eigenvalue weighted by Gasteiger charge is 2.14. The molecule has 1 aromatic carbocycles. The van der Waals surface area contributed by atoms with E-state index in [1.54, 1.807) is 22.7 Å². The summed E-state index contributed by atoms with van der Waals surface area (Å²) in [6, 6.07) is 7.56. The van der Waals surface area contributed by atoms with Crippen molar-refractivity contribution in [3.05, 3.63) is 62.8 Å². The van der Waals surface area contributed by atoms with Gasteiger partial charge >= 0.3 is 0 Å². The van der Waals surface area contributed by atoms with Crippen molar-refractivity contribution in [2.45, 2.75) is 13.3 Å². The first-order valence-corrected chi connectivity index (χ1v) is 8.97. The van der Waals surface area contributed by atoms with E-state index in [2.05, 4.69) is 10.3 Å². The molecule has 124 valence electrons. The number of carbonyl (C=O) groups excluding carboxylic acids is 1. The summed E-state index contributed by atoms with van der Waals surface area (Å²) in [5.74, 6) is -2.75. The van der Waals surface area contributed by atoms with Gasteiger partial charge in [0.15, 0.2) is 11.6 Å². The van der Waals surface area contributed by atoms with E-state index in [0.717, 1.165) is 26.5 Å². The van der Waals surface area contributed by atoms with Gasteiger partial charge in [0.25, 0.3) is 5.91 Å². The third-order valence-corrected chi connectivity index (χ3v) is 5.33. The van der Waals surface area contributed by atoms with Gasteiger partial charge in [0.2, 0.25) is 0 Å². The number of hydrogen-bond acceptors (Lipinski definition) is 4. The Hall–Kier alpha value is -2.12. The minimum absolute atomic E-state index is 0.278. The predicted octanol–water partition coefficient (Wildman–Crippen LogP) is 4.43. The molecule has 1 N–H and O–H groups in total. The fraction of sp³-hybridized carbons (Fsp3) is 0.176. The highest BCUT2D eigenvalue weighted by atomic mass is 32.1. The van der Waals surface area contributed by atoms with Crippen molar-refractivity contribution in [3.63, 3.8) is 0 Å².